The predicted octanol–water partition coefficient (Wildman–Crippen LogP) is 8.18. The molecule has 0 saturated heterocycles. The van der Waals surface area contributed by atoms with Crippen molar-refractivity contribution in [3.63, 3.8) is 0 Å². The van der Waals surface area contributed by atoms with Gasteiger partial charge >= 0.3 is 6.09 Å². The first-order valence-corrected chi connectivity index (χ1v) is 12.9. The summed E-state index contributed by atoms with van der Waals surface area (Å²) in [5, 5.41) is 2.81. The zero-order valence-corrected chi connectivity index (χ0v) is 21.0. The number of nitrogens with one attached hydrogen (secondary N) is 1. The second-order valence-corrected chi connectivity index (χ2v) is 9.93. The van der Waals surface area contributed by atoms with Crippen LogP contribution in [0.25, 0.3) is 0 Å². The van der Waals surface area contributed by atoms with Gasteiger partial charge in [-0.15, -0.1) is 0 Å². The molecule has 180 valence electrons. The van der Waals surface area contributed by atoms with E-state index in [-0.39, 0.29) is 12.1 Å². The molecule has 0 heterocycles. The third-order valence-corrected chi connectivity index (χ3v) is 5.27. The lowest BCUT2D eigenvalue weighted by molar-refractivity contribution is 0.0451. The summed E-state index contributed by atoms with van der Waals surface area (Å²) < 4.78 is 10.9. The lowest BCUT2D eigenvalue weighted by atomic mass is 10.0. The normalized spacial score (nSPS) is 12.7. The summed E-state index contributed by atoms with van der Waals surface area (Å²) in [4.78, 5) is 11.7. The maximum absolute atomic E-state index is 11.7. The number of amides is 1. The van der Waals surface area contributed by atoms with Crippen LogP contribution in [0.2, 0.25) is 0 Å². The SMILES string of the molecule is CCCCCCCCCCCCCCCCCCOC[C@H](C)NC(=O)OC(C)(C)C. The van der Waals surface area contributed by atoms with Crippen LogP contribution in [0.15, 0.2) is 0 Å². The molecule has 1 N–H and O–H groups in total. The van der Waals surface area contributed by atoms with Gasteiger partial charge in [-0.1, -0.05) is 103 Å². The van der Waals surface area contributed by atoms with Gasteiger partial charge in [0.1, 0.15) is 5.60 Å². The largest absolute Gasteiger partial charge is 0.444 e. The molecule has 0 bridgehead atoms. The van der Waals surface area contributed by atoms with Crippen LogP contribution in [0, 0.1) is 0 Å². The van der Waals surface area contributed by atoms with Crippen molar-refractivity contribution in [2.24, 2.45) is 0 Å². The molecule has 30 heavy (non-hydrogen) atoms. The summed E-state index contributed by atoms with van der Waals surface area (Å²) in [6.45, 7) is 11.1. The average Bonchev–Trinajstić information content (AvgIpc) is 2.65. The summed E-state index contributed by atoms with van der Waals surface area (Å²) in [5.41, 5.74) is -0.460. The molecule has 4 heteroatoms. The van der Waals surface area contributed by atoms with Gasteiger partial charge in [-0.25, -0.2) is 4.79 Å². The molecule has 0 radical (unpaired) electrons. The third kappa shape index (κ3) is 23.5. The Hall–Kier alpha value is -0.770. The Morgan fingerprint density at radius 3 is 1.53 bits per heavy atom. The van der Waals surface area contributed by atoms with Crippen LogP contribution in [0.4, 0.5) is 4.79 Å². The topological polar surface area (TPSA) is 47.6 Å². The Morgan fingerprint density at radius 2 is 1.13 bits per heavy atom. The van der Waals surface area contributed by atoms with Gasteiger partial charge in [0.25, 0.3) is 0 Å². The summed E-state index contributed by atoms with van der Waals surface area (Å²) in [5.74, 6) is 0. The number of carbonyl (C=O) groups excluding carboxylic acids is 1. The van der Waals surface area contributed by atoms with Gasteiger partial charge in [-0.3, -0.25) is 0 Å². The van der Waals surface area contributed by atoms with E-state index in [0.717, 1.165) is 13.0 Å². The van der Waals surface area contributed by atoms with E-state index in [9.17, 15) is 4.79 Å². The minimum Gasteiger partial charge on any atom is -0.444 e. The van der Waals surface area contributed by atoms with Crippen molar-refractivity contribution < 1.29 is 14.3 Å². The van der Waals surface area contributed by atoms with Gasteiger partial charge in [0.2, 0.25) is 0 Å². The van der Waals surface area contributed by atoms with Crippen molar-refractivity contribution in [1.29, 1.82) is 0 Å². The van der Waals surface area contributed by atoms with Crippen molar-refractivity contribution in [3.8, 4) is 0 Å². The van der Waals surface area contributed by atoms with Gasteiger partial charge in [0, 0.05) is 6.61 Å². The molecule has 1 atom stereocenters. The van der Waals surface area contributed by atoms with E-state index >= 15 is 0 Å². The molecule has 0 rings (SSSR count). The van der Waals surface area contributed by atoms with Crippen molar-refractivity contribution in [3.05, 3.63) is 0 Å². The fourth-order valence-corrected chi connectivity index (χ4v) is 3.56. The second-order valence-electron chi connectivity index (χ2n) is 9.93. The van der Waals surface area contributed by atoms with Gasteiger partial charge < -0.3 is 14.8 Å². The Balaban J connectivity index is 3.23. The number of unbranched alkanes of at least 4 members (excludes halogenated alkanes) is 15. The van der Waals surface area contributed by atoms with Crippen LogP contribution in [0.3, 0.4) is 0 Å². The number of alkyl carbamates (subject to hydrolysis) is 1. The summed E-state index contributed by atoms with van der Waals surface area (Å²) in [7, 11) is 0. The quantitative estimate of drug-likeness (QED) is 0.199. The summed E-state index contributed by atoms with van der Waals surface area (Å²) in [6, 6.07) is -0.0269. The van der Waals surface area contributed by atoms with Crippen LogP contribution in [-0.2, 0) is 9.47 Å². The fraction of sp³-hybridized carbons (Fsp3) is 0.962. The van der Waals surface area contributed by atoms with E-state index in [2.05, 4.69) is 12.2 Å². The van der Waals surface area contributed by atoms with Crippen LogP contribution in [-0.4, -0.2) is 30.9 Å². The van der Waals surface area contributed by atoms with E-state index in [1.165, 1.54) is 96.3 Å². The Kier molecular flexibility index (Phi) is 19.6. The molecule has 0 aliphatic carbocycles. The van der Waals surface area contributed by atoms with Gasteiger partial charge in [0.05, 0.1) is 12.6 Å². The minimum atomic E-state index is -0.460. The lowest BCUT2D eigenvalue weighted by Gasteiger charge is -2.21. The number of hydrogen-bond acceptors (Lipinski definition) is 3. The second kappa shape index (κ2) is 20.2. The van der Waals surface area contributed by atoms with Gasteiger partial charge in [0.15, 0.2) is 0 Å². The van der Waals surface area contributed by atoms with Crippen molar-refractivity contribution >= 4 is 6.09 Å². The summed E-state index contributed by atoms with van der Waals surface area (Å²) >= 11 is 0. The molecule has 0 aliphatic rings. The highest BCUT2D eigenvalue weighted by Crippen LogP contribution is 2.13. The van der Waals surface area contributed by atoms with Crippen LogP contribution in [0.5, 0.6) is 0 Å². The maximum Gasteiger partial charge on any atom is 0.407 e. The van der Waals surface area contributed by atoms with E-state index in [1.807, 2.05) is 27.7 Å². The van der Waals surface area contributed by atoms with E-state index in [0.29, 0.717) is 6.61 Å². The molecule has 0 aliphatic heterocycles. The van der Waals surface area contributed by atoms with E-state index < -0.39 is 5.60 Å². The minimum absolute atomic E-state index is 0.0269. The van der Waals surface area contributed by atoms with Gasteiger partial charge in [-0.05, 0) is 34.1 Å². The first-order valence-electron chi connectivity index (χ1n) is 12.9. The number of carbonyl (C=O) groups is 1. The number of rotatable bonds is 20. The standard InChI is InChI=1S/C26H53NO3/c1-6-7-8-9-10-11-12-13-14-15-16-17-18-19-20-21-22-29-23-24(2)27-25(28)30-26(3,4)5/h24H,6-23H2,1-5H3,(H,27,28)/t24-/m0/s1. The average molecular weight is 428 g/mol. The van der Waals surface area contributed by atoms with E-state index in [4.69, 9.17) is 9.47 Å². The zero-order chi connectivity index (χ0) is 22.5. The van der Waals surface area contributed by atoms with Crippen molar-refractivity contribution in [2.45, 2.75) is 149 Å². The molecule has 1 amide bonds. The van der Waals surface area contributed by atoms with Crippen LogP contribution in [0.1, 0.15) is 137 Å². The van der Waals surface area contributed by atoms with Gasteiger partial charge in [-0.2, -0.15) is 0 Å². The molecular weight excluding hydrogens is 374 g/mol. The summed E-state index contributed by atoms with van der Waals surface area (Å²) in [6.07, 6.45) is 21.7. The lowest BCUT2D eigenvalue weighted by Crippen LogP contribution is -2.39. The highest BCUT2D eigenvalue weighted by molar-refractivity contribution is 5.68. The third-order valence-electron chi connectivity index (χ3n) is 5.27. The first-order chi connectivity index (χ1) is 14.3. The van der Waals surface area contributed by atoms with Crippen LogP contribution >= 0.6 is 0 Å². The number of ether oxygens (including phenoxy) is 2. The molecule has 0 unspecified atom stereocenters. The molecule has 0 spiro atoms. The molecular formula is C26H53NO3. The Bertz CT molecular complexity index is 379. The Labute approximate surface area is 188 Å². The highest BCUT2D eigenvalue weighted by Gasteiger charge is 2.17. The predicted molar refractivity (Wildman–Crippen MR) is 129 cm³/mol. The first kappa shape index (κ1) is 29.2. The molecule has 0 aromatic carbocycles. The van der Waals surface area contributed by atoms with E-state index in [1.54, 1.807) is 0 Å². The molecule has 0 saturated carbocycles. The van der Waals surface area contributed by atoms with Crippen molar-refractivity contribution in [1.82, 2.24) is 5.32 Å². The van der Waals surface area contributed by atoms with Crippen LogP contribution < -0.4 is 5.32 Å². The number of hydrogen-bond donors (Lipinski definition) is 1. The smallest absolute Gasteiger partial charge is 0.407 e. The van der Waals surface area contributed by atoms with Crippen molar-refractivity contribution in [2.75, 3.05) is 13.2 Å². The zero-order valence-electron chi connectivity index (χ0n) is 21.0. The molecule has 0 aromatic heterocycles. The molecule has 4 nitrogen and oxygen atoms in total. The monoisotopic (exact) mass is 427 g/mol. The maximum atomic E-state index is 11.7. The molecule has 0 fully saturated rings. The highest BCUT2D eigenvalue weighted by atomic mass is 16.6. The fourth-order valence-electron chi connectivity index (χ4n) is 3.56. The molecule has 0 aromatic rings. The Morgan fingerprint density at radius 1 is 0.733 bits per heavy atom.